The molecular formula is C18H17Cl2FN2O2. The lowest BCUT2D eigenvalue weighted by molar-refractivity contribution is -0.125. The van der Waals surface area contributed by atoms with Crippen molar-refractivity contribution in [3.05, 3.63) is 69.5 Å². The van der Waals surface area contributed by atoms with Crippen LogP contribution in [0.15, 0.2) is 42.5 Å². The van der Waals surface area contributed by atoms with Gasteiger partial charge in [-0.25, -0.2) is 4.39 Å². The summed E-state index contributed by atoms with van der Waals surface area (Å²) >= 11 is 11.9. The van der Waals surface area contributed by atoms with Gasteiger partial charge in [-0.2, -0.15) is 0 Å². The van der Waals surface area contributed by atoms with Crippen LogP contribution in [0.25, 0.3) is 0 Å². The molecule has 2 aromatic carbocycles. The third kappa shape index (κ3) is 6.72. The molecule has 0 atom stereocenters. The molecule has 0 heterocycles. The second-order valence-electron chi connectivity index (χ2n) is 5.42. The Morgan fingerprint density at radius 3 is 2.52 bits per heavy atom. The van der Waals surface area contributed by atoms with Crippen molar-refractivity contribution in [2.24, 2.45) is 0 Å². The number of hydrogen-bond donors (Lipinski definition) is 2. The van der Waals surface area contributed by atoms with Crippen molar-refractivity contribution in [1.82, 2.24) is 10.6 Å². The highest BCUT2D eigenvalue weighted by molar-refractivity contribution is 6.35. The lowest BCUT2D eigenvalue weighted by atomic mass is 10.1. The van der Waals surface area contributed by atoms with Crippen LogP contribution in [0.1, 0.15) is 11.1 Å². The summed E-state index contributed by atoms with van der Waals surface area (Å²) in [5.74, 6) is -1.05. The van der Waals surface area contributed by atoms with Gasteiger partial charge in [-0.3, -0.25) is 9.59 Å². The van der Waals surface area contributed by atoms with Crippen LogP contribution in [0.4, 0.5) is 4.39 Å². The fraction of sp³-hybridized carbons (Fsp3) is 0.222. The molecule has 4 nitrogen and oxygen atoms in total. The predicted molar refractivity (Wildman–Crippen MR) is 96.3 cm³/mol. The van der Waals surface area contributed by atoms with E-state index in [1.165, 1.54) is 18.2 Å². The fourth-order valence-corrected chi connectivity index (χ4v) is 2.70. The van der Waals surface area contributed by atoms with E-state index in [4.69, 9.17) is 23.2 Å². The van der Waals surface area contributed by atoms with Crippen molar-refractivity contribution >= 4 is 35.0 Å². The first-order valence-corrected chi connectivity index (χ1v) is 8.41. The monoisotopic (exact) mass is 382 g/mol. The summed E-state index contributed by atoms with van der Waals surface area (Å²) < 4.78 is 13.0. The number of rotatable bonds is 7. The predicted octanol–water partition coefficient (Wildman–Crippen LogP) is 3.15. The van der Waals surface area contributed by atoms with Gasteiger partial charge in [0, 0.05) is 16.6 Å². The molecule has 0 radical (unpaired) electrons. The van der Waals surface area contributed by atoms with E-state index in [-0.39, 0.29) is 24.8 Å². The molecule has 0 aliphatic heterocycles. The van der Waals surface area contributed by atoms with E-state index in [9.17, 15) is 14.0 Å². The Morgan fingerprint density at radius 2 is 1.80 bits per heavy atom. The molecule has 2 amide bonds. The minimum Gasteiger partial charge on any atom is -0.354 e. The summed E-state index contributed by atoms with van der Waals surface area (Å²) in [6.07, 6.45) is 0.574. The van der Waals surface area contributed by atoms with E-state index >= 15 is 0 Å². The molecule has 0 fully saturated rings. The minimum absolute atomic E-state index is 0.0193. The van der Waals surface area contributed by atoms with E-state index in [0.29, 0.717) is 28.6 Å². The van der Waals surface area contributed by atoms with Crippen molar-refractivity contribution in [3.63, 3.8) is 0 Å². The second-order valence-corrected chi connectivity index (χ2v) is 6.26. The van der Waals surface area contributed by atoms with E-state index in [1.807, 2.05) is 0 Å². The molecule has 132 valence electrons. The van der Waals surface area contributed by atoms with Gasteiger partial charge in [0.25, 0.3) is 0 Å². The zero-order valence-electron chi connectivity index (χ0n) is 13.3. The summed E-state index contributed by atoms with van der Waals surface area (Å²) in [5.41, 5.74) is 1.43. The van der Waals surface area contributed by atoms with E-state index in [0.717, 1.165) is 5.56 Å². The third-order valence-corrected chi connectivity index (χ3v) is 4.02. The standard InChI is InChI=1S/C18H17Cl2FN2O2/c19-14-5-4-13(16(20)10-14)6-7-22-18(25)11-23-17(24)9-12-2-1-3-15(21)8-12/h1-5,8,10H,6-7,9,11H2,(H,22,25)(H,23,24). The normalized spacial score (nSPS) is 10.4. The third-order valence-electron chi connectivity index (χ3n) is 3.43. The first-order chi connectivity index (χ1) is 11.9. The van der Waals surface area contributed by atoms with Crippen LogP contribution in [-0.4, -0.2) is 24.9 Å². The SMILES string of the molecule is O=C(CNC(=O)Cc1cccc(F)c1)NCCc1ccc(Cl)cc1Cl. The zero-order chi connectivity index (χ0) is 18.2. The maximum Gasteiger partial charge on any atom is 0.239 e. The van der Waals surface area contributed by atoms with Crippen molar-refractivity contribution < 1.29 is 14.0 Å². The van der Waals surface area contributed by atoms with Crippen LogP contribution in [-0.2, 0) is 22.4 Å². The second kappa shape index (κ2) is 9.39. The number of carbonyl (C=O) groups excluding carboxylic acids is 2. The van der Waals surface area contributed by atoms with Crippen LogP contribution >= 0.6 is 23.2 Å². The van der Waals surface area contributed by atoms with Gasteiger partial charge in [0.2, 0.25) is 11.8 Å². The molecule has 7 heteroatoms. The zero-order valence-corrected chi connectivity index (χ0v) is 14.8. The Balaban J connectivity index is 1.69. The molecule has 25 heavy (non-hydrogen) atoms. The Bertz CT molecular complexity index is 768. The molecule has 0 saturated heterocycles. The number of carbonyl (C=O) groups is 2. The smallest absolute Gasteiger partial charge is 0.239 e. The Hall–Kier alpha value is -2.11. The molecule has 2 N–H and O–H groups in total. The molecule has 2 aromatic rings. The molecular weight excluding hydrogens is 366 g/mol. The van der Waals surface area contributed by atoms with E-state index < -0.39 is 5.82 Å². The highest BCUT2D eigenvalue weighted by atomic mass is 35.5. The largest absolute Gasteiger partial charge is 0.354 e. The quantitative estimate of drug-likeness (QED) is 0.772. The topological polar surface area (TPSA) is 58.2 Å². The highest BCUT2D eigenvalue weighted by Crippen LogP contribution is 2.20. The highest BCUT2D eigenvalue weighted by Gasteiger charge is 2.08. The molecule has 0 spiro atoms. The molecule has 0 saturated carbocycles. The molecule has 0 unspecified atom stereocenters. The molecule has 0 aliphatic rings. The summed E-state index contributed by atoms with van der Waals surface area (Å²) in [5, 5.41) is 6.30. The van der Waals surface area contributed by atoms with Crippen LogP contribution in [0.2, 0.25) is 10.0 Å². The summed E-state index contributed by atoms with van der Waals surface area (Å²) in [6.45, 7) is 0.252. The number of halogens is 3. The first-order valence-electron chi connectivity index (χ1n) is 7.66. The Labute approximate surface area is 155 Å². The Morgan fingerprint density at radius 1 is 1.00 bits per heavy atom. The van der Waals surface area contributed by atoms with Gasteiger partial charge in [-0.15, -0.1) is 0 Å². The molecule has 0 bridgehead atoms. The van der Waals surface area contributed by atoms with Crippen LogP contribution in [0, 0.1) is 5.82 Å². The average Bonchev–Trinajstić information content (AvgIpc) is 2.55. The van der Waals surface area contributed by atoms with E-state index in [2.05, 4.69) is 10.6 Å². The molecule has 2 rings (SSSR count). The van der Waals surface area contributed by atoms with Gasteiger partial charge in [-0.1, -0.05) is 41.4 Å². The number of hydrogen-bond acceptors (Lipinski definition) is 2. The number of benzene rings is 2. The van der Waals surface area contributed by atoms with Gasteiger partial charge < -0.3 is 10.6 Å². The van der Waals surface area contributed by atoms with E-state index in [1.54, 1.807) is 24.3 Å². The van der Waals surface area contributed by atoms with Gasteiger partial charge in [0.05, 0.1) is 13.0 Å². The number of nitrogens with one attached hydrogen (secondary N) is 2. The van der Waals surface area contributed by atoms with Crippen molar-refractivity contribution in [3.8, 4) is 0 Å². The van der Waals surface area contributed by atoms with Crippen molar-refractivity contribution in [2.75, 3.05) is 13.1 Å². The van der Waals surface area contributed by atoms with Crippen molar-refractivity contribution in [2.45, 2.75) is 12.8 Å². The van der Waals surface area contributed by atoms with Gasteiger partial charge >= 0.3 is 0 Å². The lowest BCUT2D eigenvalue weighted by Crippen LogP contribution is -2.38. The summed E-state index contributed by atoms with van der Waals surface area (Å²) in [6, 6.07) is 11.0. The van der Waals surface area contributed by atoms with Crippen LogP contribution in [0.3, 0.4) is 0 Å². The summed E-state index contributed by atoms with van der Waals surface area (Å²) in [4.78, 5) is 23.5. The van der Waals surface area contributed by atoms with Gasteiger partial charge in [-0.05, 0) is 41.8 Å². The van der Waals surface area contributed by atoms with Gasteiger partial charge in [0.15, 0.2) is 0 Å². The van der Waals surface area contributed by atoms with Crippen molar-refractivity contribution in [1.29, 1.82) is 0 Å². The molecule has 0 aliphatic carbocycles. The lowest BCUT2D eigenvalue weighted by Gasteiger charge is -2.08. The minimum atomic E-state index is -0.399. The fourth-order valence-electron chi connectivity index (χ4n) is 2.20. The van der Waals surface area contributed by atoms with Crippen LogP contribution < -0.4 is 10.6 Å². The maximum absolute atomic E-state index is 13.0. The number of amides is 2. The van der Waals surface area contributed by atoms with Gasteiger partial charge in [0.1, 0.15) is 5.82 Å². The average molecular weight is 383 g/mol. The first kappa shape index (κ1) is 19.2. The summed E-state index contributed by atoms with van der Waals surface area (Å²) in [7, 11) is 0. The maximum atomic E-state index is 13.0. The Kier molecular flexibility index (Phi) is 7.22. The van der Waals surface area contributed by atoms with Crippen LogP contribution in [0.5, 0.6) is 0 Å². The molecule has 0 aromatic heterocycles.